The number of H-pyrrole nitrogens is 1. The van der Waals surface area contributed by atoms with E-state index in [1.165, 1.54) is 24.0 Å². The van der Waals surface area contributed by atoms with E-state index in [0.29, 0.717) is 22.5 Å². The fourth-order valence-electron chi connectivity index (χ4n) is 3.21. The van der Waals surface area contributed by atoms with Crippen LogP contribution in [0.4, 0.5) is 10.2 Å². The van der Waals surface area contributed by atoms with Crippen LogP contribution in [0.15, 0.2) is 18.6 Å². The van der Waals surface area contributed by atoms with Crippen molar-refractivity contribution in [3.8, 4) is 11.3 Å². The van der Waals surface area contributed by atoms with Gasteiger partial charge < -0.3 is 20.7 Å². The number of nitrogens with two attached hydrogens (primary N) is 1. The van der Waals surface area contributed by atoms with Gasteiger partial charge in [-0.15, -0.1) is 0 Å². The first-order valence-electron chi connectivity index (χ1n) is 7.56. The number of ether oxygens (including phenoxy) is 1. The maximum Gasteiger partial charge on any atom is 0.168 e. The first kappa shape index (κ1) is 15.9. The third kappa shape index (κ3) is 2.20. The number of hydrogen-bond acceptors (Lipinski definition) is 8. The van der Waals surface area contributed by atoms with Gasteiger partial charge in [0.15, 0.2) is 11.5 Å². The average molecular weight is 349 g/mol. The molecule has 0 spiro atoms. The van der Waals surface area contributed by atoms with Gasteiger partial charge in [0.1, 0.15) is 35.8 Å². The SMILES string of the molecule is C[C@@]1(F)[C@H](O)[C@@H](CO)O[C@H]1c1cc(-c2cn[nH]n2)c2c(N)ncnn12. The second-order valence-electron chi connectivity index (χ2n) is 6.08. The Balaban J connectivity index is 1.93. The van der Waals surface area contributed by atoms with Crippen molar-refractivity contribution in [1.82, 2.24) is 30.0 Å². The molecule has 10 nitrogen and oxygen atoms in total. The predicted octanol–water partition coefficient (Wildman–Crippen LogP) is -0.382. The maximum atomic E-state index is 15.2. The fraction of sp³-hybridized carbons (Fsp3) is 0.429. The van der Waals surface area contributed by atoms with Gasteiger partial charge in [-0.1, -0.05) is 0 Å². The fourth-order valence-corrected chi connectivity index (χ4v) is 3.21. The lowest BCUT2D eigenvalue weighted by Gasteiger charge is -2.23. The molecule has 0 saturated carbocycles. The standard InChI is InChI=1S/C14H16FN7O3/c1-14(15)11(24)9(4-23)25-12(14)8-2-6(7-3-18-21-20-7)10-13(16)17-5-19-22(8)10/h2-3,5,9,11-12,23-24H,4H2,1H3,(H2,16,17,19)(H,18,20,21)/t9-,11-,12+,14-/m1/s1. The number of anilines is 1. The summed E-state index contributed by atoms with van der Waals surface area (Å²) < 4.78 is 22.1. The number of alkyl halides is 1. The molecule has 4 rings (SSSR count). The number of hydrogen-bond donors (Lipinski definition) is 4. The number of halogens is 1. The molecule has 11 heteroatoms. The van der Waals surface area contributed by atoms with Gasteiger partial charge in [-0.25, -0.2) is 13.9 Å². The highest BCUT2D eigenvalue weighted by molar-refractivity contribution is 5.86. The minimum atomic E-state index is -2.14. The van der Waals surface area contributed by atoms with Gasteiger partial charge in [0.2, 0.25) is 0 Å². The van der Waals surface area contributed by atoms with Crippen molar-refractivity contribution in [3.05, 3.63) is 24.3 Å². The molecular formula is C14H16FN7O3. The Bertz CT molecular complexity index is 911. The highest BCUT2D eigenvalue weighted by Gasteiger charge is 2.55. The quantitative estimate of drug-likeness (QED) is 0.500. The van der Waals surface area contributed by atoms with E-state index in [9.17, 15) is 10.2 Å². The number of aliphatic hydroxyl groups excluding tert-OH is 2. The summed E-state index contributed by atoms with van der Waals surface area (Å²) >= 11 is 0. The Morgan fingerprint density at radius 3 is 2.96 bits per heavy atom. The highest BCUT2D eigenvalue weighted by atomic mass is 19.1. The van der Waals surface area contributed by atoms with Crippen LogP contribution >= 0.6 is 0 Å². The van der Waals surface area contributed by atoms with E-state index in [1.807, 2.05) is 0 Å². The van der Waals surface area contributed by atoms with Crippen LogP contribution in [-0.2, 0) is 4.74 Å². The molecule has 1 aliphatic rings. The highest BCUT2D eigenvalue weighted by Crippen LogP contribution is 2.46. The van der Waals surface area contributed by atoms with Gasteiger partial charge in [0.05, 0.1) is 18.5 Å². The van der Waals surface area contributed by atoms with Crippen LogP contribution in [-0.4, -0.2) is 64.7 Å². The van der Waals surface area contributed by atoms with Gasteiger partial charge >= 0.3 is 0 Å². The topological polar surface area (TPSA) is 147 Å². The van der Waals surface area contributed by atoms with Crippen molar-refractivity contribution < 1.29 is 19.3 Å². The lowest BCUT2D eigenvalue weighted by molar-refractivity contribution is -0.0248. The summed E-state index contributed by atoms with van der Waals surface area (Å²) in [7, 11) is 0. The summed E-state index contributed by atoms with van der Waals surface area (Å²) in [5.41, 5.74) is 5.60. The summed E-state index contributed by atoms with van der Waals surface area (Å²) in [4.78, 5) is 3.96. The molecule has 132 valence electrons. The van der Waals surface area contributed by atoms with E-state index in [-0.39, 0.29) is 5.82 Å². The van der Waals surface area contributed by atoms with Gasteiger partial charge in [0.25, 0.3) is 0 Å². The van der Waals surface area contributed by atoms with Gasteiger partial charge in [-0.3, -0.25) is 0 Å². The van der Waals surface area contributed by atoms with E-state index < -0.39 is 30.6 Å². The molecule has 5 N–H and O–H groups in total. The summed E-state index contributed by atoms with van der Waals surface area (Å²) in [6.07, 6.45) is -0.964. The number of fused-ring (bicyclic) bond motifs is 1. The van der Waals surface area contributed by atoms with Gasteiger partial charge in [0, 0.05) is 5.56 Å². The molecule has 1 saturated heterocycles. The zero-order valence-corrected chi connectivity index (χ0v) is 13.2. The average Bonchev–Trinajstić information content (AvgIpc) is 3.27. The number of aromatic amines is 1. The molecule has 3 aromatic rings. The van der Waals surface area contributed by atoms with Crippen molar-refractivity contribution in [3.63, 3.8) is 0 Å². The van der Waals surface area contributed by atoms with Gasteiger partial charge in [-0.2, -0.15) is 20.5 Å². The molecule has 1 fully saturated rings. The summed E-state index contributed by atoms with van der Waals surface area (Å²) in [5.74, 6) is 0.178. The van der Waals surface area contributed by atoms with Crippen molar-refractivity contribution in [1.29, 1.82) is 0 Å². The first-order chi connectivity index (χ1) is 11.9. The number of nitrogens with zero attached hydrogens (tertiary/aromatic N) is 5. The molecule has 4 heterocycles. The van der Waals surface area contributed by atoms with Crippen LogP contribution in [0.2, 0.25) is 0 Å². The Morgan fingerprint density at radius 2 is 2.32 bits per heavy atom. The molecule has 0 aromatic carbocycles. The molecule has 0 amide bonds. The smallest absolute Gasteiger partial charge is 0.168 e. The molecule has 25 heavy (non-hydrogen) atoms. The van der Waals surface area contributed by atoms with E-state index in [1.54, 1.807) is 6.07 Å². The largest absolute Gasteiger partial charge is 0.394 e. The first-order valence-corrected chi connectivity index (χ1v) is 7.56. The van der Waals surface area contributed by atoms with Crippen LogP contribution in [0.5, 0.6) is 0 Å². The summed E-state index contributed by atoms with van der Waals surface area (Å²) in [6.45, 7) is 0.714. The number of nitrogens with one attached hydrogen (secondary N) is 1. The van der Waals surface area contributed by atoms with Crippen LogP contribution < -0.4 is 5.73 Å². The van der Waals surface area contributed by atoms with Crippen molar-refractivity contribution in [2.75, 3.05) is 12.3 Å². The second-order valence-corrected chi connectivity index (χ2v) is 6.08. The normalized spacial score (nSPS) is 29.5. The molecule has 3 aromatic heterocycles. The lowest BCUT2D eigenvalue weighted by atomic mass is 9.93. The molecular weight excluding hydrogens is 333 g/mol. The van der Waals surface area contributed by atoms with E-state index >= 15 is 4.39 Å². The van der Waals surface area contributed by atoms with Crippen LogP contribution in [0.3, 0.4) is 0 Å². The molecule has 0 aliphatic carbocycles. The molecule has 0 unspecified atom stereocenters. The summed E-state index contributed by atoms with van der Waals surface area (Å²) in [6, 6.07) is 1.62. The van der Waals surface area contributed by atoms with Crippen molar-refractivity contribution in [2.45, 2.75) is 30.9 Å². The van der Waals surface area contributed by atoms with E-state index in [0.717, 1.165) is 0 Å². The van der Waals surface area contributed by atoms with Crippen molar-refractivity contribution >= 4 is 11.3 Å². The number of rotatable bonds is 3. The Morgan fingerprint density at radius 1 is 1.52 bits per heavy atom. The molecule has 4 atom stereocenters. The number of aliphatic hydroxyl groups is 2. The zero-order valence-electron chi connectivity index (χ0n) is 13.2. The third-order valence-corrected chi connectivity index (χ3v) is 4.50. The number of aromatic nitrogens is 6. The van der Waals surface area contributed by atoms with E-state index in [2.05, 4.69) is 25.5 Å². The lowest BCUT2D eigenvalue weighted by Crippen LogP contribution is -2.39. The van der Waals surface area contributed by atoms with Crippen molar-refractivity contribution in [2.24, 2.45) is 0 Å². The van der Waals surface area contributed by atoms with Crippen LogP contribution in [0.25, 0.3) is 16.8 Å². The monoisotopic (exact) mass is 349 g/mol. The minimum Gasteiger partial charge on any atom is -0.394 e. The van der Waals surface area contributed by atoms with Gasteiger partial charge in [-0.05, 0) is 13.0 Å². The predicted molar refractivity (Wildman–Crippen MR) is 83.0 cm³/mol. The third-order valence-electron chi connectivity index (χ3n) is 4.50. The molecule has 1 aliphatic heterocycles. The Kier molecular flexibility index (Phi) is 3.45. The zero-order chi connectivity index (χ0) is 17.8. The Labute approximate surface area is 140 Å². The molecule has 0 bridgehead atoms. The molecule has 0 radical (unpaired) electrons. The van der Waals surface area contributed by atoms with Crippen LogP contribution in [0.1, 0.15) is 18.7 Å². The second kappa shape index (κ2) is 5.44. The summed E-state index contributed by atoms with van der Waals surface area (Å²) in [5, 5.41) is 33.8. The maximum absolute atomic E-state index is 15.2. The van der Waals surface area contributed by atoms with E-state index in [4.69, 9.17) is 10.5 Å². The van der Waals surface area contributed by atoms with Crippen LogP contribution in [0, 0.1) is 0 Å². The Hall–Kier alpha value is -2.63. The number of nitrogen functional groups attached to an aromatic ring is 1. The minimum absolute atomic E-state index is 0.178.